The minimum Gasteiger partial charge on any atom is -0.352 e. The molecule has 0 spiro atoms. The molecule has 0 aromatic heterocycles. The fourth-order valence-electron chi connectivity index (χ4n) is 4.91. The molecule has 1 saturated heterocycles. The second-order valence-corrected chi connectivity index (χ2v) is 9.79. The molecule has 33 heavy (non-hydrogen) atoms. The lowest BCUT2D eigenvalue weighted by molar-refractivity contribution is -0.136. The number of nitrogens with one attached hydrogen (secondary N) is 2. The number of hydrogen-bond donors (Lipinski definition) is 2. The zero-order valence-corrected chi connectivity index (χ0v) is 20.8. The fraction of sp³-hybridized carbons (Fsp3) is 0.760. The van der Waals surface area contributed by atoms with E-state index in [1.165, 1.54) is 19.3 Å². The molecule has 2 fully saturated rings. The molecule has 2 N–H and O–H groups in total. The second-order valence-electron chi connectivity index (χ2n) is 9.79. The predicted octanol–water partition coefficient (Wildman–Crippen LogP) is 2.38. The average molecular weight is 463 g/mol. The minimum atomic E-state index is -0.431. The lowest BCUT2D eigenvalue weighted by atomic mass is 9.96. The van der Waals surface area contributed by atoms with Crippen LogP contribution in [0.1, 0.15) is 78.6 Å². The first-order chi connectivity index (χ1) is 15.8. The number of nitrogens with zero attached hydrogens (tertiary/aromatic N) is 2. The Labute approximate surface area is 198 Å². The van der Waals surface area contributed by atoms with Gasteiger partial charge in [0.25, 0.3) is 0 Å². The van der Waals surface area contributed by atoms with E-state index in [0.29, 0.717) is 24.9 Å². The maximum Gasteiger partial charge on any atom is 0.249 e. The lowest BCUT2D eigenvalue weighted by Gasteiger charge is -2.31. The molecular weight excluding hydrogens is 420 g/mol. The minimum absolute atomic E-state index is 0.0353. The van der Waals surface area contributed by atoms with Gasteiger partial charge in [-0.15, -0.1) is 0 Å². The largest absolute Gasteiger partial charge is 0.352 e. The van der Waals surface area contributed by atoms with Gasteiger partial charge in [-0.2, -0.15) is 0 Å². The van der Waals surface area contributed by atoms with Crippen LogP contribution in [-0.2, 0) is 19.2 Å². The van der Waals surface area contributed by atoms with Crippen molar-refractivity contribution in [3.05, 3.63) is 11.6 Å². The quantitative estimate of drug-likeness (QED) is 0.406. The third-order valence-corrected chi connectivity index (χ3v) is 6.89. The van der Waals surface area contributed by atoms with Crippen LogP contribution in [0.5, 0.6) is 0 Å². The van der Waals surface area contributed by atoms with E-state index in [1.807, 2.05) is 19.9 Å². The Bertz CT molecular complexity index is 713. The summed E-state index contributed by atoms with van der Waals surface area (Å²) in [6.45, 7) is 6.20. The molecule has 1 heterocycles. The third-order valence-electron chi connectivity index (χ3n) is 6.89. The van der Waals surface area contributed by atoms with Crippen LogP contribution in [-0.4, -0.2) is 72.2 Å². The summed E-state index contributed by atoms with van der Waals surface area (Å²) < 4.78 is 0. The number of carbonyl (C=O) groups is 4. The molecule has 1 aliphatic heterocycles. The van der Waals surface area contributed by atoms with Gasteiger partial charge in [-0.25, -0.2) is 0 Å². The van der Waals surface area contributed by atoms with Crippen molar-refractivity contribution in [3.63, 3.8) is 0 Å². The number of likely N-dealkylation sites (N-methyl/N-ethyl adjacent to an activating group) is 1. The second kappa shape index (κ2) is 13.4. The average Bonchev–Trinajstić information content (AvgIpc) is 3.26. The summed E-state index contributed by atoms with van der Waals surface area (Å²) in [5, 5.41) is 5.61. The van der Waals surface area contributed by atoms with Gasteiger partial charge in [-0.3, -0.25) is 19.2 Å². The molecule has 2 atom stereocenters. The van der Waals surface area contributed by atoms with Crippen molar-refractivity contribution in [1.82, 2.24) is 20.4 Å². The van der Waals surface area contributed by atoms with Gasteiger partial charge < -0.3 is 20.4 Å². The number of carbonyl (C=O) groups excluding carboxylic acids is 4. The first-order valence-corrected chi connectivity index (χ1v) is 12.5. The van der Waals surface area contributed by atoms with Gasteiger partial charge >= 0.3 is 0 Å². The summed E-state index contributed by atoms with van der Waals surface area (Å²) >= 11 is 0. The van der Waals surface area contributed by atoms with E-state index in [2.05, 4.69) is 10.6 Å². The molecule has 1 unspecified atom stereocenters. The molecule has 8 heteroatoms. The van der Waals surface area contributed by atoms with Gasteiger partial charge in [0.15, 0.2) is 0 Å². The van der Waals surface area contributed by atoms with E-state index >= 15 is 0 Å². The van der Waals surface area contributed by atoms with Crippen LogP contribution in [0.3, 0.4) is 0 Å². The van der Waals surface area contributed by atoms with Gasteiger partial charge in [0, 0.05) is 25.2 Å². The summed E-state index contributed by atoms with van der Waals surface area (Å²) in [5.41, 5.74) is 0.530. The highest BCUT2D eigenvalue weighted by Crippen LogP contribution is 2.23. The van der Waals surface area contributed by atoms with Gasteiger partial charge in [0.1, 0.15) is 6.04 Å². The van der Waals surface area contributed by atoms with E-state index in [-0.39, 0.29) is 42.3 Å². The number of rotatable bonds is 9. The first-order valence-electron chi connectivity index (χ1n) is 12.5. The molecule has 186 valence electrons. The SMILES string of the molecule is C/C(=C\[C@H](C(C)C)N(C)C(=O)CNC=O)C(=O)N1CCCC1C(=O)NC1CCCCCCC1. The van der Waals surface area contributed by atoms with Crippen molar-refractivity contribution in [2.24, 2.45) is 5.92 Å². The molecule has 2 rings (SSSR count). The molecule has 0 radical (unpaired) electrons. The predicted molar refractivity (Wildman–Crippen MR) is 128 cm³/mol. The molecule has 1 saturated carbocycles. The zero-order chi connectivity index (χ0) is 24.4. The standard InChI is InChI=1S/C25H42N4O4/c1-18(2)22(28(4)23(31)16-26-17-30)15-19(3)25(33)29-14-10-13-21(29)24(32)27-20-11-8-6-5-7-9-12-20/h15,17-18,20-22H,5-14,16H2,1-4H3,(H,26,30)(H,27,32)/b19-15+/t21?,22-/m1/s1. The number of amides is 4. The van der Waals surface area contributed by atoms with E-state index < -0.39 is 6.04 Å². The Hall–Kier alpha value is -2.38. The van der Waals surface area contributed by atoms with Crippen LogP contribution in [0.25, 0.3) is 0 Å². The molecule has 0 aromatic rings. The van der Waals surface area contributed by atoms with Crippen molar-refractivity contribution in [1.29, 1.82) is 0 Å². The van der Waals surface area contributed by atoms with Crippen LogP contribution in [0.4, 0.5) is 0 Å². The van der Waals surface area contributed by atoms with Crippen molar-refractivity contribution >= 4 is 24.1 Å². The van der Waals surface area contributed by atoms with Gasteiger partial charge in [0.05, 0.1) is 12.6 Å². The van der Waals surface area contributed by atoms with Crippen molar-refractivity contribution < 1.29 is 19.2 Å². The summed E-state index contributed by atoms with van der Waals surface area (Å²) in [6, 6.07) is -0.517. The Kier molecular flexibility index (Phi) is 10.9. The summed E-state index contributed by atoms with van der Waals surface area (Å²) in [7, 11) is 1.68. The maximum atomic E-state index is 13.3. The Morgan fingerprint density at radius 2 is 1.67 bits per heavy atom. The molecular formula is C25H42N4O4. The number of likely N-dealkylation sites (tertiary alicyclic amines) is 1. The zero-order valence-electron chi connectivity index (χ0n) is 20.8. The summed E-state index contributed by atoms with van der Waals surface area (Å²) in [6.07, 6.45) is 11.9. The molecule has 8 nitrogen and oxygen atoms in total. The Balaban J connectivity index is 2.06. The molecule has 0 bridgehead atoms. The topological polar surface area (TPSA) is 98.8 Å². The smallest absolute Gasteiger partial charge is 0.249 e. The first kappa shape index (κ1) is 26.9. The number of hydrogen-bond acceptors (Lipinski definition) is 4. The highest BCUT2D eigenvalue weighted by molar-refractivity contribution is 5.97. The summed E-state index contributed by atoms with van der Waals surface area (Å²) in [5.74, 6) is -0.334. The van der Waals surface area contributed by atoms with Crippen LogP contribution in [0.15, 0.2) is 11.6 Å². The molecule has 4 amide bonds. The van der Waals surface area contributed by atoms with Crippen molar-refractivity contribution in [2.75, 3.05) is 20.1 Å². The fourth-order valence-corrected chi connectivity index (χ4v) is 4.91. The van der Waals surface area contributed by atoms with Gasteiger partial charge in [-0.1, -0.05) is 52.0 Å². The Morgan fingerprint density at radius 3 is 2.27 bits per heavy atom. The van der Waals surface area contributed by atoms with E-state index in [9.17, 15) is 19.2 Å². The third kappa shape index (κ3) is 7.86. The normalized spacial score (nSPS) is 21.2. The van der Waals surface area contributed by atoms with Crippen LogP contribution < -0.4 is 10.6 Å². The van der Waals surface area contributed by atoms with Gasteiger partial charge in [-0.05, 0) is 38.5 Å². The molecule has 1 aliphatic carbocycles. The van der Waals surface area contributed by atoms with Crippen molar-refractivity contribution in [3.8, 4) is 0 Å². The molecule has 2 aliphatic rings. The maximum absolute atomic E-state index is 13.3. The molecule has 0 aromatic carbocycles. The van der Waals surface area contributed by atoms with E-state index in [1.54, 1.807) is 23.8 Å². The monoisotopic (exact) mass is 462 g/mol. The van der Waals surface area contributed by atoms with Crippen LogP contribution >= 0.6 is 0 Å². The van der Waals surface area contributed by atoms with Crippen LogP contribution in [0.2, 0.25) is 0 Å². The van der Waals surface area contributed by atoms with Crippen molar-refractivity contribution in [2.45, 2.75) is 96.7 Å². The van der Waals surface area contributed by atoms with Gasteiger partial charge in [0.2, 0.25) is 24.1 Å². The Morgan fingerprint density at radius 1 is 1.03 bits per heavy atom. The highest BCUT2D eigenvalue weighted by Gasteiger charge is 2.35. The highest BCUT2D eigenvalue weighted by atomic mass is 16.2. The van der Waals surface area contributed by atoms with Crippen LogP contribution in [0, 0.1) is 5.92 Å². The lowest BCUT2D eigenvalue weighted by Crippen LogP contribution is -2.49. The summed E-state index contributed by atoms with van der Waals surface area (Å²) in [4.78, 5) is 52.5. The van der Waals surface area contributed by atoms with E-state index in [0.717, 1.165) is 32.1 Å². The van der Waals surface area contributed by atoms with E-state index in [4.69, 9.17) is 0 Å².